The number of para-hydroxylation sites is 1. The van der Waals surface area contributed by atoms with Crippen molar-refractivity contribution in [3.63, 3.8) is 0 Å². The zero-order valence-corrected chi connectivity index (χ0v) is 13.9. The van der Waals surface area contributed by atoms with E-state index in [9.17, 15) is 4.39 Å². The molecule has 0 amide bonds. The lowest BCUT2D eigenvalue weighted by Crippen LogP contribution is -2.08. The van der Waals surface area contributed by atoms with Gasteiger partial charge in [0.15, 0.2) is 0 Å². The molecule has 2 aromatic heterocycles. The fourth-order valence-electron chi connectivity index (χ4n) is 2.94. The van der Waals surface area contributed by atoms with E-state index < -0.39 is 0 Å². The van der Waals surface area contributed by atoms with Crippen LogP contribution in [0.25, 0.3) is 16.3 Å². The monoisotopic (exact) mass is 347 g/mol. The first-order chi connectivity index (χ1) is 11.2. The summed E-state index contributed by atoms with van der Waals surface area (Å²) in [5.41, 5.74) is 2.51. The van der Waals surface area contributed by atoms with Crippen LogP contribution in [-0.2, 0) is 6.42 Å². The van der Waals surface area contributed by atoms with Gasteiger partial charge in [-0.05, 0) is 43.5 Å². The van der Waals surface area contributed by atoms with Crippen molar-refractivity contribution in [3.8, 4) is 16.3 Å². The molecule has 0 saturated heterocycles. The largest absolute Gasteiger partial charge is 0.370 e. The molecule has 6 heteroatoms. The van der Waals surface area contributed by atoms with E-state index in [1.807, 2.05) is 18.2 Å². The van der Waals surface area contributed by atoms with Gasteiger partial charge in [0.25, 0.3) is 0 Å². The number of hydrogen-bond donors (Lipinski definition) is 1. The molecule has 0 spiro atoms. The Morgan fingerprint density at radius 1 is 1.17 bits per heavy atom. The Hall–Kier alpha value is -1.85. The molecule has 0 unspecified atom stereocenters. The number of nitrogens with zero attached hydrogens (tertiary/aromatic N) is 2. The number of anilines is 1. The number of benzene rings is 1. The molecule has 0 fully saturated rings. The molecular formula is C17H15ClFN3S. The molecule has 3 heterocycles. The molecule has 1 N–H and O–H groups in total. The lowest BCUT2D eigenvalue weighted by atomic mass is 10.1. The van der Waals surface area contributed by atoms with Crippen molar-refractivity contribution in [3.05, 3.63) is 52.1 Å². The van der Waals surface area contributed by atoms with Crippen LogP contribution in [0.2, 0.25) is 4.34 Å². The van der Waals surface area contributed by atoms with Crippen LogP contribution < -0.4 is 5.32 Å². The van der Waals surface area contributed by atoms with E-state index in [-0.39, 0.29) is 5.82 Å². The van der Waals surface area contributed by atoms with E-state index >= 15 is 0 Å². The summed E-state index contributed by atoms with van der Waals surface area (Å²) in [6.07, 6.45) is 3.12. The number of thiophene rings is 1. The first-order valence-corrected chi connectivity index (χ1v) is 8.80. The van der Waals surface area contributed by atoms with E-state index in [4.69, 9.17) is 16.7 Å². The van der Waals surface area contributed by atoms with E-state index in [2.05, 4.69) is 5.32 Å². The second-order valence-electron chi connectivity index (χ2n) is 5.53. The summed E-state index contributed by atoms with van der Waals surface area (Å²) in [5.74, 6) is 0.617. The topological polar surface area (TPSA) is 29.9 Å². The zero-order valence-electron chi connectivity index (χ0n) is 12.4. The number of aromatic nitrogens is 2. The van der Waals surface area contributed by atoms with Crippen molar-refractivity contribution < 1.29 is 4.39 Å². The van der Waals surface area contributed by atoms with Crippen molar-refractivity contribution in [1.29, 1.82) is 0 Å². The van der Waals surface area contributed by atoms with Gasteiger partial charge in [0.05, 0.1) is 9.21 Å². The van der Waals surface area contributed by atoms with Gasteiger partial charge in [-0.3, -0.25) is 0 Å². The summed E-state index contributed by atoms with van der Waals surface area (Å²) < 4.78 is 16.7. The van der Waals surface area contributed by atoms with Crippen LogP contribution >= 0.6 is 22.9 Å². The minimum atomic E-state index is -0.278. The van der Waals surface area contributed by atoms with Gasteiger partial charge >= 0.3 is 0 Å². The highest BCUT2D eigenvalue weighted by Crippen LogP contribution is 2.38. The average molecular weight is 348 g/mol. The van der Waals surface area contributed by atoms with Crippen LogP contribution in [0.5, 0.6) is 0 Å². The van der Waals surface area contributed by atoms with Crippen LogP contribution in [-0.4, -0.2) is 16.3 Å². The van der Waals surface area contributed by atoms with Crippen molar-refractivity contribution in [2.45, 2.75) is 19.3 Å². The van der Waals surface area contributed by atoms with E-state index in [0.29, 0.717) is 5.69 Å². The minimum absolute atomic E-state index is 0.278. The van der Waals surface area contributed by atoms with E-state index in [1.54, 1.807) is 16.8 Å². The normalized spacial score (nSPS) is 14.2. The van der Waals surface area contributed by atoms with Gasteiger partial charge in [-0.1, -0.05) is 23.7 Å². The van der Waals surface area contributed by atoms with Crippen LogP contribution in [0.4, 0.5) is 10.2 Å². The number of fused-ring (bicyclic) bond motifs is 1. The zero-order chi connectivity index (χ0) is 15.8. The van der Waals surface area contributed by atoms with Crippen LogP contribution in [0.15, 0.2) is 36.4 Å². The molecule has 0 radical (unpaired) electrons. The van der Waals surface area contributed by atoms with Gasteiger partial charge in [0.2, 0.25) is 0 Å². The molecule has 1 aliphatic heterocycles. The number of halogens is 2. The summed E-state index contributed by atoms with van der Waals surface area (Å²) in [7, 11) is 0. The van der Waals surface area contributed by atoms with Gasteiger partial charge in [0.1, 0.15) is 23.0 Å². The van der Waals surface area contributed by atoms with Crippen LogP contribution in [0.3, 0.4) is 0 Å². The highest BCUT2D eigenvalue weighted by Gasteiger charge is 2.23. The average Bonchev–Trinajstić information content (AvgIpc) is 3.03. The van der Waals surface area contributed by atoms with E-state index in [0.717, 1.165) is 52.1 Å². The second-order valence-corrected chi connectivity index (χ2v) is 7.24. The molecule has 0 aliphatic carbocycles. The molecule has 118 valence electrons. The highest BCUT2D eigenvalue weighted by atomic mass is 35.5. The third kappa shape index (κ3) is 2.64. The predicted octanol–water partition coefficient (Wildman–Crippen LogP) is 5.14. The van der Waals surface area contributed by atoms with Crippen molar-refractivity contribution in [1.82, 2.24) is 9.78 Å². The number of rotatable bonds is 2. The first-order valence-electron chi connectivity index (χ1n) is 7.60. The maximum atomic E-state index is 14.3. The molecule has 23 heavy (non-hydrogen) atoms. The molecule has 1 aliphatic rings. The Labute approximate surface area is 142 Å². The van der Waals surface area contributed by atoms with Gasteiger partial charge < -0.3 is 5.32 Å². The predicted molar refractivity (Wildman–Crippen MR) is 93.3 cm³/mol. The van der Waals surface area contributed by atoms with E-state index in [1.165, 1.54) is 17.4 Å². The Bertz CT molecular complexity index is 855. The molecule has 0 atom stereocenters. The quantitative estimate of drug-likeness (QED) is 0.695. The molecule has 0 bridgehead atoms. The first kappa shape index (κ1) is 14.7. The lowest BCUT2D eigenvalue weighted by Gasteiger charge is -2.09. The fourth-order valence-corrected chi connectivity index (χ4v) is 3.99. The van der Waals surface area contributed by atoms with Crippen molar-refractivity contribution in [2.24, 2.45) is 0 Å². The lowest BCUT2D eigenvalue weighted by molar-refractivity contribution is 0.611. The highest BCUT2D eigenvalue weighted by molar-refractivity contribution is 7.19. The molecule has 3 nitrogen and oxygen atoms in total. The summed E-state index contributed by atoms with van der Waals surface area (Å²) >= 11 is 7.58. The Balaban J connectivity index is 1.93. The standard InChI is InChI=1S/C17H15ClFN3S/c18-15-9-8-14(23-15)16-11-5-3-4-10-20-17(11)22(21-16)13-7-2-1-6-12(13)19/h1-2,6-9,20H,3-5,10H2. The molecule has 3 aromatic rings. The van der Waals surface area contributed by atoms with Crippen molar-refractivity contribution in [2.75, 3.05) is 11.9 Å². The maximum Gasteiger partial charge on any atom is 0.148 e. The second kappa shape index (κ2) is 5.98. The molecule has 0 saturated carbocycles. The Morgan fingerprint density at radius 2 is 2.04 bits per heavy atom. The number of nitrogens with one attached hydrogen (secondary N) is 1. The summed E-state index contributed by atoms with van der Waals surface area (Å²) in [6, 6.07) is 10.6. The summed E-state index contributed by atoms with van der Waals surface area (Å²) in [5, 5.41) is 8.14. The Morgan fingerprint density at radius 3 is 2.83 bits per heavy atom. The Kier molecular flexibility index (Phi) is 3.83. The van der Waals surface area contributed by atoms with Gasteiger partial charge in [-0.15, -0.1) is 11.3 Å². The smallest absolute Gasteiger partial charge is 0.148 e. The molecular weight excluding hydrogens is 333 g/mol. The fraction of sp³-hybridized carbons (Fsp3) is 0.235. The number of hydrogen-bond acceptors (Lipinski definition) is 3. The SMILES string of the molecule is Fc1ccccc1-n1nc(-c2ccc(Cl)s2)c2c1NCCCC2. The molecule has 4 rings (SSSR count). The molecule has 1 aromatic carbocycles. The van der Waals surface area contributed by atoms with Gasteiger partial charge in [0, 0.05) is 12.1 Å². The van der Waals surface area contributed by atoms with Gasteiger partial charge in [-0.25, -0.2) is 9.07 Å². The van der Waals surface area contributed by atoms with Crippen molar-refractivity contribution >= 4 is 28.8 Å². The van der Waals surface area contributed by atoms with Crippen LogP contribution in [0.1, 0.15) is 18.4 Å². The summed E-state index contributed by atoms with van der Waals surface area (Å²) in [4.78, 5) is 1.02. The third-order valence-electron chi connectivity index (χ3n) is 4.02. The summed E-state index contributed by atoms with van der Waals surface area (Å²) in [6.45, 7) is 0.873. The van der Waals surface area contributed by atoms with Crippen LogP contribution in [0, 0.1) is 5.82 Å². The maximum absolute atomic E-state index is 14.3. The minimum Gasteiger partial charge on any atom is -0.370 e. The third-order valence-corrected chi connectivity index (χ3v) is 5.25. The van der Waals surface area contributed by atoms with Gasteiger partial charge in [-0.2, -0.15) is 5.10 Å².